The van der Waals surface area contributed by atoms with Crippen molar-refractivity contribution in [1.29, 1.82) is 5.26 Å². The SMILES string of the molecule is N#Cc1cc([C@]23CO[C@@H](CF)C[C@H]2CSC(NC(=O)c2ccccc2)=N3)c(F)cc1F. The van der Waals surface area contributed by atoms with Crippen LogP contribution in [0.4, 0.5) is 13.2 Å². The number of nitriles is 1. The summed E-state index contributed by atoms with van der Waals surface area (Å²) in [7, 11) is 0. The van der Waals surface area contributed by atoms with Gasteiger partial charge < -0.3 is 10.1 Å². The van der Waals surface area contributed by atoms with Crippen molar-refractivity contribution in [3.63, 3.8) is 0 Å². The van der Waals surface area contributed by atoms with Gasteiger partial charge in [0.25, 0.3) is 5.91 Å². The van der Waals surface area contributed by atoms with E-state index < -0.39 is 30.0 Å². The summed E-state index contributed by atoms with van der Waals surface area (Å²) in [4.78, 5) is 17.2. The highest BCUT2D eigenvalue weighted by molar-refractivity contribution is 8.13. The summed E-state index contributed by atoms with van der Waals surface area (Å²) in [6, 6.07) is 12.0. The first kappa shape index (κ1) is 21.4. The maximum atomic E-state index is 14.9. The van der Waals surface area contributed by atoms with Gasteiger partial charge in [-0.15, -0.1) is 0 Å². The molecule has 5 nitrogen and oxygen atoms in total. The van der Waals surface area contributed by atoms with Crippen LogP contribution in [0.2, 0.25) is 0 Å². The molecule has 4 rings (SSSR count). The zero-order chi connectivity index (χ0) is 22.0. The molecule has 0 saturated carbocycles. The zero-order valence-corrected chi connectivity index (χ0v) is 17.1. The highest BCUT2D eigenvalue weighted by atomic mass is 32.2. The number of nitrogens with zero attached hydrogens (tertiary/aromatic N) is 2. The van der Waals surface area contributed by atoms with E-state index in [9.17, 15) is 23.2 Å². The lowest BCUT2D eigenvalue weighted by Gasteiger charge is -2.46. The van der Waals surface area contributed by atoms with Gasteiger partial charge in [0.15, 0.2) is 5.17 Å². The van der Waals surface area contributed by atoms with Crippen LogP contribution in [0.25, 0.3) is 0 Å². The topological polar surface area (TPSA) is 74.5 Å². The Morgan fingerprint density at radius 3 is 2.77 bits per heavy atom. The summed E-state index contributed by atoms with van der Waals surface area (Å²) in [6.45, 7) is -0.834. The summed E-state index contributed by atoms with van der Waals surface area (Å²) in [6.07, 6.45) is -0.362. The van der Waals surface area contributed by atoms with Crippen molar-refractivity contribution in [3.8, 4) is 6.07 Å². The molecule has 0 spiro atoms. The Balaban J connectivity index is 1.76. The van der Waals surface area contributed by atoms with Gasteiger partial charge in [0.1, 0.15) is 29.9 Å². The predicted octanol–water partition coefficient (Wildman–Crippen LogP) is 3.94. The van der Waals surface area contributed by atoms with Crippen LogP contribution < -0.4 is 5.32 Å². The maximum absolute atomic E-state index is 14.9. The molecule has 0 bridgehead atoms. The molecule has 0 radical (unpaired) electrons. The standard InChI is InChI=1S/C22H18F3N3O2S/c23-9-16-7-15-11-31-21(27-20(29)13-4-2-1-3-5-13)28-22(15,12-30-16)17-6-14(10-26)18(24)8-19(17)25/h1-6,8,15-16H,7,9,11-12H2,(H,27,28,29)/t15-,16+,22-/m0/s1. The van der Waals surface area contributed by atoms with Crippen molar-refractivity contribution in [2.75, 3.05) is 19.0 Å². The van der Waals surface area contributed by atoms with Crippen molar-refractivity contribution in [2.45, 2.75) is 18.1 Å². The van der Waals surface area contributed by atoms with Crippen LogP contribution in [0.1, 0.15) is 27.9 Å². The summed E-state index contributed by atoms with van der Waals surface area (Å²) < 4.78 is 47.7. The molecule has 2 heterocycles. The highest BCUT2D eigenvalue weighted by Gasteiger charge is 2.50. The van der Waals surface area contributed by atoms with Crippen LogP contribution in [-0.4, -0.2) is 36.2 Å². The van der Waals surface area contributed by atoms with Crippen molar-refractivity contribution >= 4 is 22.8 Å². The quantitative estimate of drug-likeness (QED) is 0.777. The third-order valence-electron chi connectivity index (χ3n) is 5.56. The molecule has 160 valence electrons. The second kappa shape index (κ2) is 8.73. The summed E-state index contributed by atoms with van der Waals surface area (Å²) in [5.41, 5.74) is -1.20. The fourth-order valence-electron chi connectivity index (χ4n) is 3.92. The number of nitrogens with one attached hydrogen (secondary N) is 1. The minimum Gasteiger partial charge on any atom is -0.373 e. The number of fused-ring (bicyclic) bond motifs is 1. The van der Waals surface area contributed by atoms with Crippen molar-refractivity contribution in [2.24, 2.45) is 10.9 Å². The molecule has 1 amide bonds. The highest BCUT2D eigenvalue weighted by Crippen LogP contribution is 2.47. The van der Waals surface area contributed by atoms with E-state index in [1.807, 2.05) is 0 Å². The number of hydrogen-bond donors (Lipinski definition) is 1. The molecule has 2 aromatic rings. The van der Waals surface area contributed by atoms with Crippen molar-refractivity contribution in [1.82, 2.24) is 5.32 Å². The first-order valence-electron chi connectivity index (χ1n) is 9.63. The number of hydrogen-bond acceptors (Lipinski definition) is 5. The molecule has 0 aliphatic carbocycles. The van der Waals surface area contributed by atoms with Crippen LogP contribution in [0.15, 0.2) is 47.5 Å². The van der Waals surface area contributed by atoms with E-state index in [1.54, 1.807) is 36.4 Å². The minimum atomic E-state index is -1.31. The normalized spacial score (nSPS) is 25.2. The van der Waals surface area contributed by atoms with Crippen LogP contribution in [-0.2, 0) is 10.3 Å². The summed E-state index contributed by atoms with van der Waals surface area (Å²) in [5, 5.41) is 12.2. The number of benzene rings is 2. The number of amides is 1. The molecule has 31 heavy (non-hydrogen) atoms. The molecule has 1 saturated heterocycles. The minimum absolute atomic E-state index is 0.000446. The monoisotopic (exact) mass is 445 g/mol. The number of alkyl halides is 1. The van der Waals surface area contributed by atoms with Gasteiger partial charge in [-0.3, -0.25) is 4.79 Å². The molecular formula is C22H18F3N3O2S. The third kappa shape index (κ3) is 4.05. The Morgan fingerprint density at radius 2 is 2.06 bits per heavy atom. The van der Waals surface area contributed by atoms with E-state index in [0.29, 0.717) is 17.4 Å². The Hall–Kier alpha value is -2.83. The average Bonchev–Trinajstić information content (AvgIpc) is 2.79. The molecule has 0 unspecified atom stereocenters. The first-order chi connectivity index (χ1) is 15.0. The Bertz CT molecular complexity index is 1070. The van der Waals surface area contributed by atoms with Crippen molar-refractivity contribution in [3.05, 3.63) is 70.8 Å². The third-order valence-corrected chi connectivity index (χ3v) is 6.59. The largest absolute Gasteiger partial charge is 0.373 e. The lowest BCUT2D eigenvalue weighted by Crippen LogP contribution is -2.51. The van der Waals surface area contributed by atoms with E-state index in [2.05, 4.69) is 10.3 Å². The van der Waals surface area contributed by atoms with E-state index in [0.717, 1.165) is 6.07 Å². The lowest BCUT2D eigenvalue weighted by molar-refractivity contribution is -0.0653. The number of ether oxygens (including phenoxy) is 1. The molecule has 1 fully saturated rings. The first-order valence-corrected chi connectivity index (χ1v) is 10.6. The molecule has 1 N–H and O–H groups in total. The van der Waals surface area contributed by atoms with Crippen LogP contribution in [0.5, 0.6) is 0 Å². The number of halogens is 3. The van der Waals surface area contributed by atoms with E-state index in [-0.39, 0.29) is 41.1 Å². The molecule has 0 aromatic heterocycles. The van der Waals surface area contributed by atoms with Gasteiger partial charge in [-0.25, -0.2) is 18.2 Å². The Morgan fingerprint density at radius 1 is 1.29 bits per heavy atom. The second-order valence-corrected chi connectivity index (χ2v) is 8.42. The summed E-state index contributed by atoms with van der Waals surface area (Å²) in [5.74, 6) is -2.12. The van der Waals surface area contributed by atoms with Crippen LogP contribution in [0, 0.1) is 28.9 Å². The summed E-state index contributed by atoms with van der Waals surface area (Å²) >= 11 is 1.28. The van der Waals surface area contributed by atoms with Gasteiger partial charge in [0, 0.05) is 28.9 Å². The molecule has 2 aliphatic rings. The van der Waals surface area contributed by atoms with Gasteiger partial charge in [0.05, 0.1) is 18.3 Å². The van der Waals surface area contributed by atoms with E-state index in [1.165, 1.54) is 11.8 Å². The van der Waals surface area contributed by atoms with E-state index >= 15 is 0 Å². The number of amidine groups is 1. The Kier molecular flexibility index (Phi) is 6.03. The van der Waals surface area contributed by atoms with Gasteiger partial charge in [-0.05, 0) is 24.6 Å². The van der Waals surface area contributed by atoms with E-state index in [4.69, 9.17) is 4.74 Å². The molecular weight excluding hydrogens is 427 g/mol. The molecule has 2 aliphatic heterocycles. The molecule has 3 atom stereocenters. The molecule has 9 heteroatoms. The number of rotatable bonds is 3. The maximum Gasteiger partial charge on any atom is 0.257 e. The lowest BCUT2D eigenvalue weighted by atomic mass is 9.74. The fraction of sp³-hybridized carbons (Fsp3) is 0.318. The zero-order valence-electron chi connectivity index (χ0n) is 16.3. The smallest absolute Gasteiger partial charge is 0.257 e. The van der Waals surface area contributed by atoms with Gasteiger partial charge in [-0.2, -0.15) is 5.26 Å². The Labute approximate surface area is 181 Å². The van der Waals surface area contributed by atoms with Gasteiger partial charge in [0.2, 0.25) is 0 Å². The number of carbonyl (C=O) groups is 1. The molecule has 2 aromatic carbocycles. The number of thioether (sulfide) groups is 1. The second-order valence-electron chi connectivity index (χ2n) is 7.42. The van der Waals surface area contributed by atoms with Crippen molar-refractivity contribution < 1.29 is 22.7 Å². The van der Waals surface area contributed by atoms with Crippen LogP contribution in [0.3, 0.4) is 0 Å². The van der Waals surface area contributed by atoms with Gasteiger partial charge in [-0.1, -0.05) is 30.0 Å². The fourth-order valence-corrected chi connectivity index (χ4v) is 5.08. The number of carbonyl (C=O) groups excluding carboxylic acids is 1. The van der Waals surface area contributed by atoms with Gasteiger partial charge >= 0.3 is 0 Å². The van der Waals surface area contributed by atoms with Crippen LogP contribution >= 0.6 is 11.8 Å². The predicted molar refractivity (Wildman–Crippen MR) is 110 cm³/mol. The number of aliphatic imine (C=N–C) groups is 1. The average molecular weight is 445 g/mol.